The second-order valence-corrected chi connectivity index (χ2v) is 4.16. The van der Waals surface area contributed by atoms with Crippen molar-refractivity contribution < 1.29 is 19.1 Å². The molecule has 0 aliphatic carbocycles. The molecule has 0 bridgehead atoms. The van der Waals surface area contributed by atoms with Crippen LogP contribution in [0.2, 0.25) is 0 Å². The first-order valence-electron chi connectivity index (χ1n) is 6.33. The van der Waals surface area contributed by atoms with E-state index in [9.17, 15) is 4.79 Å². The third-order valence-electron chi connectivity index (χ3n) is 2.81. The Labute approximate surface area is 127 Å². The van der Waals surface area contributed by atoms with E-state index < -0.39 is 5.97 Å². The van der Waals surface area contributed by atoms with Gasteiger partial charge in [-0.15, -0.1) is 0 Å². The van der Waals surface area contributed by atoms with Gasteiger partial charge in [-0.2, -0.15) is 0 Å². The third kappa shape index (κ3) is 3.51. The molecule has 0 fully saturated rings. The van der Waals surface area contributed by atoms with Gasteiger partial charge in [-0.3, -0.25) is 4.98 Å². The van der Waals surface area contributed by atoms with Gasteiger partial charge in [0.15, 0.2) is 5.84 Å². The van der Waals surface area contributed by atoms with Gasteiger partial charge in [0.1, 0.15) is 17.1 Å². The van der Waals surface area contributed by atoms with E-state index in [0.29, 0.717) is 17.1 Å². The van der Waals surface area contributed by atoms with Crippen molar-refractivity contribution in [1.29, 1.82) is 0 Å². The molecule has 1 aromatic heterocycles. The number of hydrogen-bond acceptors (Lipinski definition) is 6. The summed E-state index contributed by atoms with van der Waals surface area (Å²) >= 11 is 0. The Morgan fingerprint density at radius 1 is 1.23 bits per heavy atom. The van der Waals surface area contributed by atoms with Crippen LogP contribution in [-0.2, 0) is 4.84 Å². The quantitative estimate of drug-likeness (QED) is 0.390. The van der Waals surface area contributed by atoms with Crippen LogP contribution in [-0.4, -0.2) is 31.0 Å². The lowest BCUT2D eigenvalue weighted by Crippen LogP contribution is -2.15. The van der Waals surface area contributed by atoms with Crippen LogP contribution in [0.1, 0.15) is 15.9 Å². The Hall–Kier alpha value is -3.09. The minimum Gasteiger partial charge on any atom is -0.497 e. The molecule has 2 rings (SSSR count). The van der Waals surface area contributed by atoms with Crippen LogP contribution < -0.4 is 15.2 Å². The zero-order chi connectivity index (χ0) is 15.9. The van der Waals surface area contributed by atoms with E-state index in [1.54, 1.807) is 30.5 Å². The Kier molecular flexibility index (Phi) is 4.92. The predicted molar refractivity (Wildman–Crippen MR) is 79.9 cm³/mol. The van der Waals surface area contributed by atoms with Gasteiger partial charge in [-0.1, -0.05) is 5.16 Å². The number of carbonyl (C=O) groups is 1. The minimum absolute atomic E-state index is 0.0499. The third-order valence-corrected chi connectivity index (χ3v) is 2.81. The molecule has 0 saturated carbocycles. The fraction of sp³-hybridized carbons (Fsp3) is 0.133. The van der Waals surface area contributed by atoms with Crippen molar-refractivity contribution in [3.8, 4) is 11.5 Å². The molecule has 0 amide bonds. The Morgan fingerprint density at radius 2 is 2.05 bits per heavy atom. The zero-order valence-electron chi connectivity index (χ0n) is 12.1. The average Bonchev–Trinajstić information content (AvgIpc) is 2.59. The molecule has 7 nitrogen and oxygen atoms in total. The highest BCUT2D eigenvalue weighted by Gasteiger charge is 2.15. The fourth-order valence-corrected chi connectivity index (χ4v) is 1.67. The number of rotatable bonds is 5. The molecular weight excluding hydrogens is 286 g/mol. The SMILES string of the molecule is COc1ccc(C(=O)ON=C(N)c2cccnc2)c(OC)c1. The van der Waals surface area contributed by atoms with Crippen LogP contribution in [0.25, 0.3) is 0 Å². The number of hydrogen-bond donors (Lipinski definition) is 1. The second-order valence-electron chi connectivity index (χ2n) is 4.16. The number of nitrogens with zero attached hydrogens (tertiary/aromatic N) is 2. The van der Waals surface area contributed by atoms with Gasteiger partial charge in [0.05, 0.1) is 14.2 Å². The molecule has 0 aliphatic rings. The summed E-state index contributed by atoms with van der Waals surface area (Å²) in [5.74, 6) is 0.242. The van der Waals surface area contributed by atoms with E-state index in [-0.39, 0.29) is 11.4 Å². The summed E-state index contributed by atoms with van der Waals surface area (Å²) in [6.45, 7) is 0. The molecule has 7 heteroatoms. The zero-order valence-corrected chi connectivity index (χ0v) is 12.1. The van der Waals surface area contributed by atoms with Crippen LogP contribution >= 0.6 is 0 Å². The van der Waals surface area contributed by atoms with E-state index >= 15 is 0 Å². The van der Waals surface area contributed by atoms with Crippen molar-refractivity contribution in [2.24, 2.45) is 10.9 Å². The normalized spacial score (nSPS) is 10.9. The summed E-state index contributed by atoms with van der Waals surface area (Å²) in [6, 6.07) is 8.12. The highest BCUT2D eigenvalue weighted by atomic mass is 16.7. The highest BCUT2D eigenvalue weighted by molar-refractivity contribution is 5.98. The number of aromatic nitrogens is 1. The maximum atomic E-state index is 12.0. The van der Waals surface area contributed by atoms with Gasteiger partial charge in [0, 0.05) is 24.0 Å². The number of carbonyl (C=O) groups excluding carboxylic acids is 1. The van der Waals surface area contributed by atoms with Gasteiger partial charge in [0.2, 0.25) is 0 Å². The van der Waals surface area contributed by atoms with E-state index in [4.69, 9.17) is 20.0 Å². The van der Waals surface area contributed by atoms with E-state index in [2.05, 4.69) is 10.1 Å². The van der Waals surface area contributed by atoms with Crippen LogP contribution in [0.5, 0.6) is 11.5 Å². The summed E-state index contributed by atoms with van der Waals surface area (Å²) in [4.78, 5) is 20.8. The lowest BCUT2D eigenvalue weighted by atomic mass is 10.2. The highest BCUT2D eigenvalue weighted by Crippen LogP contribution is 2.25. The molecule has 2 N–H and O–H groups in total. The number of nitrogens with two attached hydrogens (primary N) is 1. The monoisotopic (exact) mass is 301 g/mol. The number of benzene rings is 1. The van der Waals surface area contributed by atoms with Crippen LogP contribution in [0.15, 0.2) is 47.9 Å². The first kappa shape index (κ1) is 15.3. The van der Waals surface area contributed by atoms with Gasteiger partial charge in [0.25, 0.3) is 0 Å². The van der Waals surface area contributed by atoms with E-state index in [1.807, 2.05) is 0 Å². The molecule has 0 aliphatic heterocycles. The first-order valence-corrected chi connectivity index (χ1v) is 6.33. The van der Waals surface area contributed by atoms with Crippen molar-refractivity contribution in [3.63, 3.8) is 0 Å². The summed E-state index contributed by atoms with van der Waals surface area (Å²) in [5, 5.41) is 3.61. The fourth-order valence-electron chi connectivity index (χ4n) is 1.67. The van der Waals surface area contributed by atoms with Crippen molar-refractivity contribution in [2.75, 3.05) is 14.2 Å². The summed E-state index contributed by atoms with van der Waals surface area (Å²) in [7, 11) is 2.96. The van der Waals surface area contributed by atoms with Gasteiger partial charge in [-0.25, -0.2) is 4.79 Å². The topological polar surface area (TPSA) is 96.0 Å². The summed E-state index contributed by atoms with van der Waals surface area (Å²) < 4.78 is 10.2. The molecule has 0 unspecified atom stereocenters. The van der Waals surface area contributed by atoms with Crippen LogP contribution in [0.3, 0.4) is 0 Å². The van der Waals surface area contributed by atoms with E-state index in [1.165, 1.54) is 26.5 Å². The number of oxime groups is 1. The van der Waals surface area contributed by atoms with Crippen LogP contribution in [0.4, 0.5) is 0 Å². The molecule has 0 spiro atoms. The maximum absolute atomic E-state index is 12.0. The van der Waals surface area contributed by atoms with Gasteiger partial charge >= 0.3 is 5.97 Å². The first-order chi connectivity index (χ1) is 10.7. The molecule has 0 radical (unpaired) electrons. The predicted octanol–water partition coefficient (Wildman–Crippen LogP) is 1.58. The molecule has 114 valence electrons. The number of ether oxygens (including phenoxy) is 2. The Bertz CT molecular complexity index is 686. The molecule has 22 heavy (non-hydrogen) atoms. The lowest BCUT2D eigenvalue weighted by Gasteiger charge is -2.08. The Balaban J connectivity index is 2.16. The van der Waals surface area contributed by atoms with Crippen molar-refractivity contribution in [3.05, 3.63) is 53.9 Å². The van der Waals surface area contributed by atoms with Crippen LogP contribution in [0, 0.1) is 0 Å². The largest absolute Gasteiger partial charge is 0.497 e. The average molecular weight is 301 g/mol. The molecule has 0 atom stereocenters. The molecule has 0 saturated heterocycles. The number of methoxy groups -OCH3 is 2. The molecular formula is C15H15N3O4. The van der Waals surface area contributed by atoms with Gasteiger partial charge < -0.3 is 20.0 Å². The Morgan fingerprint density at radius 3 is 2.68 bits per heavy atom. The standard InChI is InChI=1S/C15H15N3O4/c1-20-11-5-6-12(13(8-11)21-2)15(19)22-18-14(16)10-4-3-7-17-9-10/h3-9H,1-2H3,(H2,16,18). The van der Waals surface area contributed by atoms with Crippen molar-refractivity contribution in [1.82, 2.24) is 4.98 Å². The smallest absolute Gasteiger partial charge is 0.369 e. The van der Waals surface area contributed by atoms with Crippen molar-refractivity contribution >= 4 is 11.8 Å². The molecule has 2 aromatic rings. The molecule has 1 aromatic carbocycles. The van der Waals surface area contributed by atoms with E-state index in [0.717, 1.165) is 0 Å². The minimum atomic E-state index is -0.689. The summed E-state index contributed by atoms with van der Waals surface area (Å²) in [6.07, 6.45) is 3.12. The number of pyridine rings is 1. The lowest BCUT2D eigenvalue weighted by molar-refractivity contribution is 0.0512. The molecule has 1 heterocycles. The maximum Gasteiger partial charge on any atom is 0.369 e. The van der Waals surface area contributed by atoms with Gasteiger partial charge in [-0.05, 0) is 24.3 Å². The van der Waals surface area contributed by atoms with Crippen molar-refractivity contribution in [2.45, 2.75) is 0 Å². The summed E-state index contributed by atoms with van der Waals surface area (Å²) in [5.41, 5.74) is 6.49. The second kappa shape index (κ2) is 7.07. The number of amidine groups is 1.